The predicted molar refractivity (Wildman–Crippen MR) is 118 cm³/mol. The molecule has 1 amide bonds. The molecule has 2 N–H and O–H groups in total. The highest BCUT2D eigenvalue weighted by Gasteiger charge is 2.29. The average molecular weight is 427 g/mol. The summed E-state index contributed by atoms with van der Waals surface area (Å²) in [6.07, 6.45) is 1.95. The van der Waals surface area contributed by atoms with E-state index in [0.717, 1.165) is 24.1 Å². The van der Waals surface area contributed by atoms with Gasteiger partial charge >= 0.3 is 5.69 Å². The maximum atomic E-state index is 13.2. The molecule has 0 bridgehead atoms. The average Bonchev–Trinajstić information content (AvgIpc) is 3.53. The van der Waals surface area contributed by atoms with Crippen LogP contribution >= 0.6 is 11.6 Å². The first-order valence-corrected chi connectivity index (χ1v) is 10.4. The molecule has 0 unspecified atom stereocenters. The van der Waals surface area contributed by atoms with Crippen molar-refractivity contribution in [2.45, 2.75) is 46.1 Å². The van der Waals surface area contributed by atoms with Crippen LogP contribution in [0.1, 0.15) is 54.2 Å². The molecule has 2 heterocycles. The summed E-state index contributed by atoms with van der Waals surface area (Å²) in [6, 6.07) is 6.92. The number of halogens is 1. The lowest BCUT2D eigenvalue weighted by Gasteiger charge is -2.15. The quantitative estimate of drug-likeness (QED) is 0.647. The number of fused-ring (bicyclic) bond motifs is 1. The highest BCUT2D eigenvalue weighted by Crippen LogP contribution is 2.40. The first kappa shape index (κ1) is 20.3. The van der Waals surface area contributed by atoms with Crippen LogP contribution in [0, 0.1) is 12.8 Å². The fourth-order valence-electron chi connectivity index (χ4n) is 3.53. The molecule has 1 aliphatic carbocycles. The third-order valence-electron chi connectivity index (χ3n) is 5.27. The standard InChI is InChI=1S/C22H23ClN4O3/c1-11(2)10-27-19-18(21(29)26-22(27)30)14(9-17(24-19)13-7-8-13)20(28)25-16-6-4-5-15(23)12(16)3/h4-6,9,11,13H,7-8,10H2,1-3H3,(H,25,28)(H,26,29,30). The Labute approximate surface area is 178 Å². The van der Waals surface area contributed by atoms with Crippen LogP contribution in [-0.2, 0) is 6.54 Å². The van der Waals surface area contributed by atoms with Gasteiger partial charge in [-0.3, -0.25) is 19.1 Å². The van der Waals surface area contributed by atoms with E-state index in [2.05, 4.69) is 15.3 Å². The van der Waals surface area contributed by atoms with E-state index < -0.39 is 17.2 Å². The second-order valence-corrected chi connectivity index (χ2v) is 8.61. The second-order valence-electron chi connectivity index (χ2n) is 8.20. The van der Waals surface area contributed by atoms with E-state index in [1.165, 1.54) is 4.57 Å². The van der Waals surface area contributed by atoms with E-state index in [0.29, 0.717) is 17.3 Å². The van der Waals surface area contributed by atoms with Crippen molar-refractivity contribution in [1.82, 2.24) is 14.5 Å². The number of nitrogens with zero attached hydrogens (tertiary/aromatic N) is 2. The Hall–Kier alpha value is -2.93. The van der Waals surface area contributed by atoms with Gasteiger partial charge in [0.25, 0.3) is 11.5 Å². The topological polar surface area (TPSA) is 96.8 Å². The highest BCUT2D eigenvalue weighted by atomic mass is 35.5. The maximum absolute atomic E-state index is 13.2. The molecule has 1 aromatic carbocycles. The van der Waals surface area contributed by atoms with Crippen LogP contribution in [0.2, 0.25) is 5.02 Å². The molecule has 2 aromatic heterocycles. The maximum Gasteiger partial charge on any atom is 0.330 e. The van der Waals surface area contributed by atoms with Gasteiger partial charge in [0, 0.05) is 28.9 Å². The van der Waals surface area contributed by atoms with Gasteiger partial charge in [0.2, 0.25) is 0 Å². The third-order valence-corrected chi connectivity index (χ3v) is 5.68. The lowest BCUT2D eigenvalue weighted by molar-refractivity contribution is 0.102. The molecule has 156 valence electrons. The Morgan fingerprint density at radius 2 is 2.07 bits per heavy atom. The number of pyridine rings is 1. The molecule has 1 saturated carbocycles. The Bertz CT molecular complexity index is 1270. The number of amides is 1. The minimum absolute atomic E-state index is 0.122. The van der Waals surface area contributed by atoms with E-state index >= 15 is 0 Å². The molecule has 7 nitrogen and oxygen atoms in total. The summed E-state index contributed by atoms with van der Waals surface area (Å²) < 4.78 is 1.45. The van der Waals surface area contributed by atoms with E-state index in [1.807, 2.05) is 20.8 Å². The number of rotatable bonds is 5. The van der Waals surface area contributed by atoms with Crippen LogP contribution in [-0.4, -0.2) is 20.4 Å². The van der Waals surface area contributed by atoms with Crippen LogP contribution in [0.15, 0.2) is 33.9 Å². The van der Waals surface area contributed by atoms with Gasteiger partial charge < -0.3 is 5.32 Å². The van der Waals surface area contributed by atoms with Gasteiger partial charge in [0.05, 0.1) is 10.9 Å². The zero-order valence-corrected chi connectivity index (χ0v) is 17.8. The Morgan fingerprint density at radius 3 is 2.73 bits per heavy atom. The number of hydrogen-bond acceptors (Lipinski definition) is 4. The lowest BCUT2D eigenvalue weighted by Crippen LogP contribution is -2.33. The number of H-pyrrole nitrogens is 1. The van der Waals surface area contributed by atoms with Crippen molar-refractivity contribution in [2.75, 3.05) is 5.32 Å². The minimum Gasteiger partial charge on any atom is -0.322 e. The van der Waals surface area contributed by atoms with Gasteiger partial charge in [-0.05, 0) is 49.4 Å². The molecule has 0 atom stereocenters. The summed E-state index contributed by atoms with van der Waals surface area (Å²) in [5, 5.41) is 3.52. The van der Waals surface area contributed by atoms with Gasteiger partial charge in [-0.15, -0.1) is 0 Å². The molecule has 0 spiro atoms. The summed E-state index contributed by atoms with van der Waals surface area (Å²) in [5.41, 5.74) is 1.38. The fraction of sp³-hybridized carbons (Fsp3) is 0.364. The summed E-state index contributed by atoms with van der Waals surface area (Å²) in [5.74, 6) is -0.0276. The normalized spacial score (nSPS) is 13.8. The van der Waals surface area contributed by atoms with Crippen molar-refractivity contribution < 1.29 is 4.79 Å². The molecule has 8 heteroatoms. The van der Waals surface area contributed by atoms with Crippen LogP contribution in [0.3, 0.4) is 0 Å². The number of aromatic amines is 1. The van der Waals surface area contributed by atoms with Crippen molar-refractivity contribution in [1.29, 1.82) is 0 Å². The van der Waals surface area contributed by atoms with Crippen molar-refractivity contribution in [3.8, 4) is 0 Å². The number of benzene rings is 1. The van der Waals surface area contributed by atoms with E-state index in [1.54, 1.807) is 24.3 Å². The molecular formula is C22H23ClN4O3. The van der Waals surface area contributed by atoms with Gasteiger partial charge in [-0.2, -0.15) is 0 Å². The van der Waals surface area contributed by atoms with Gasteiger partial charge in [-0.1, -0.05) is 31.5 Å². The van der Waals surface area contributed by atoms with Crippen molar-refractivity contribution >= 4 is 34.2 Å². The van der Waals surface area contributed by atoms with Crippen LogP contribution in [0.4, 0.5) is 5.69 Å². The van der Waals surface area contributed by atoms with Gasteiger partial charge in [-0.25, -0.2) is 9.78 Å². The molecule has 0 aliphatic heterocycles. The SMILES string of the molecule is Cc1c(Cl)cccc1NC(=O)c1cc(C2CC2)nc2c1c(=O)[nH]c(=O)n2CC(C)C. The largest absolute Gasteiger partial charge is 0.330 e. The van der Waals surface area contributed by atoms with Crippen LogP contribution in [0.25, 0.3) is 11.0 Å². The summed E-state index contributed by atoms with van der Waals surface area (Å²) >= 11 is 6.17. The second kappa shape index (κ2) is 7.72. The molecule has 4 rings (SSSR count). The Morgan fingerprint density at radius 1 is 1.33 bits per heavy atom. The van der Waals surface area contributed by atoms with Crippen LogP contribution in [0.5, 0.6) is 0 Å². The number of carbonyl (C=O) groups excluding carboxylic acids is 1. The molecule has 0 radical (unpaired) electrons. The molecule has 1 fully saturated rings. The number of anilines is 1. The number of hydrogen-bond donors (Lipinski definition) is 2. The van der Waals surface area contributed by atoms with Gasteiger partial charge in [0.15, 0.2) is 5.65 Å². The first-order chi connectivity index (χ1) is 14.3. The smallest absolute Gasteiger partial charge is 0.322 e. The number of nitrogens with one attached hydrogen (secondary N) is 2. The van der Waals surface area contributed by atoms with E-state index in [-0.39, 0.29) is 28.4 Å². The third kappa shape index (κ3) is 3.77. The molecule has 1 aliphatic rings. The van der Waals surface area contributed by atoms with Crippen LogP contribution < -0.4 is 16.6 Å². The van der Waals surface area contributed by atoms with E-state index in [4.69, 9.17) is 11.6 Å². The minimum atomic E-state index is -0.613. The molecule has 0 saturated heterocycles. The van der Waals surface area contributed by atoms with E-state index in [9.17, 15) is 14.4 Å². The molecule has 3 aromatic rings. The fourth-order valence-corrected chi connectivity index (χ4v) is 3.70. The van der Waals surface area contributed by atoms with Crippen molar-refractivity contribution in [2.24, 2.45) is 5.92 Å². The zero-order valence-electron chi connectivity index (χ0n) is 17.1. The Kier molecular flexibility index (Phi) is 5.24. The Balaban J connectivity index is 1.92. The lowest BCUT2D eigenvalue weighted by atomic mass is 10.1. The summed E-state index contributed by atoms with van der Waals surface area (Å²) in [4.78, 5) is 45.4. The number of aromatic nitrogens is 3. The molecular weight excluding hydrogens is 404 g/mol. The predicted octanol–water partition coefficient (Wildman–Crippen LogP) is 3.83. The number of carbonyl (C=O) groups is 1. The van der Waals surface area contributed by atoms with Crippen molar-refractivity contribution in [3.05, 3.63) is 66.9 Å². The highest BCUT2D eigenvalue weighted by molar-refractivity contribution is 6.31. The monoisotopic (exact) mass is 426 g/mol. The zero-order chi connectivity index (χ0) is 21.6. The first-order valence-electron chi connectivity index (χ1n) is 10.0. The summed E-state index contributed by atoms with van der Waals surface area (Å²) in [6.45, 7) is 6.15. The van der Waals surface area contributed by atoms with Gasteiger partial charge in [0.1, 0.15) is 0 Å². The van der Waals surface area contributed by atoms with Crippen molar-refractivity contribution in [3.63, 3.8) is 0 Å². The summed E-state index contributed by atoms with van der Waals surface area (Å²) in [7, 11) is 0. The molecule has 30 heavy (non-hydrogen) atoms.